The highest BCUT2D eigenvalue weighted by atomic mass is 35.5. The van der Waals surface area contributed by atoms with Crippen LogP contribution in [0.2, 0.25) is 5.02 Å². The molecule has 0 amide bonds. The number of ether oxygens (including phenoxy) is 1. The first-order valence-electron chi connectivity index (χ1n) is 11.4. The fraction of sp³-hybridized carbons (Fsp3) is 0.107. The molecule has 194 valence electrons. The fourth-order valence-electron chi connectivity index (χ4n) is 3.90. The molecule has 1 heterocycles. The number of hydrogen-bond acceptors (Lipinski definition) is 5. The second-order valence-corrected chi connectivity index (χ2v) is 8.68. The number of aromatic nitrogens is 2. The molecular weight excluding hydrogens is 515 g/mol. The molecule has 3 aromatic carbocycles. The largest absolute Gasteiger partial charge is 0.573 e. The lowest BCUT2D eigenvalue weighted by atomic mass is 9.99. The Morgan fingerprint density at radius 2 is 1.95 bits per heavy atom. The molecular formula is C28H23ClF3N5O. The predicted octanol–water partition coefficient (Wildman–Crippen LogP) is 7.47. The molecule has 0 bridgehead atoms. The molecule has 0 unspecified atom stereocenters. The Bertz CT molecular complexity index is 1570. The number of benzene rings is 3. The van der Waals surface area contributed by atoms with E-state index in [1.54, 1.807) is 24.4 Å². The number of allylic oxidation sites excluding steroid dienone is 2. The molecule has 1 aromatic heterocycles. The van der Waals surface area contributed by atoms with E-state index in [9.17, 15) is 13.2 Å². The second kappa shape index (κ2) is 11.4. The summed E-state index contributed by atoms with van der Waals surface area (Å²) in [6.45, 7) is 5.52. The first-order chi connectivity index (χ1) is 18.2. The molecule has 0 atom stereocenters. The highest BCUT2D eigenvalue weighted by molar-refractivity contribution is 6.34. The summed E-state index contributed by atoms with van der Waals surface area (Å²) in [6.07, 6.45) is 1.70. The lowest BCUT2D eigenvalue weighted by Crippen LogP contribution is -2.18. The Morgan fingerprint density at radius 1 is 1.16 bits per heavy atom. The van der Waals surface area contributed by atoms with Crippen molar-refractivity contribution in [3.8, 4) is 5.75 Å². The lowest BCUT2D eigenvalue weighted by molar-refractivity contribution is -0.274. The molecule has 0 saturated carbocycles. The van der Waals surface area contributed by atoms with Gasteiger partial charge in [-0.1, -0.05) is 41.9 Å². The van der Waals surface area contributed by atoms with Gasteiger partial charge in [0.1, 0.15) is 5.75 Å². The molecule has 0 aliphatic carbocycles. The van der Waals surface area contributed by atoms with Gasteiger partial charge in [-0.3, -0.25) is 15.1 Å². The van der Waals surface area contributed by atoms with Crippen LogP contribution in [0.25, 0.3) is 22.6 Å². The topological polar surface area (TPSA) is 88.7 Å². The summed E-state index contributed by atoms with van der Waals surface area (Å²) >= 11 is 6.56. The molecule has 6 nitrogen and oxygen atoms in total. The van der Waals surface area contributed by atoms with Crippen LogP contribution in [-0.4, -0.2) is 29.0 Å². The van der Waals surface area contributed by atoms with Crippen LogP contribution in [-0.2, 0) is 6.54 Å². The molecule has 38 heavy (non-hydrogen) atoms. The average Bonchev–Trinajstić information content (AvgIpc) is 3.34. The molecule has 0 saturated heterocycles. The number of aromatic amines is 1. The standard InChI is InChI=1S/C28H23ClF3N5O/c1-17(18-7-8-19-16-36-37-25(19)14-18)11-22-12-21(13-23(29)27(22)34-2)24(9-10-33)35-15-20-5-3-4-6-26(20)38-28(30,31)32/h3-14,16H,2,15,33H2,1H3,(H,36,37)/b10-9?,17-11-,35-24?. The molecule has 0 radical (unpaired) electrons. The number of nitrogens with two attached hydrogens (primary N) is 1. The number of H-pyrrole nitrogens is 1. The third-order valence-corrected chi connectivity index (χ3v) is 5.98. The van der Waals surface area contributed by atoms with Gasteiger partial charge in [-0.2, -0.15) is 5.10 Å². The summed E-state index contributed by atoms with van der Waals surface area (Å²) in [5.74, 6) is -0.322. The van der Waals surface area contributed by atoms with Gasteiger partial charge in [0.15, 0.2) is 0 Å². The third-order valence-electron chi connectivity index (χ3n) is 5.69. The molecule has 0 aliphatic rings. The Balaban J connectivity index is 1.73. The quantitative estimate of drug-likeness (QED) is 0.180. The summed E-state index contributed by atoms with van der Waals surface area (Å²) in [6, 6.07) is 15.3. The van der Waals surface area contributed by atoms with Crippen molar-refractivity contribution < 1.29 is 17.9 Å². The lowest BCUT2D eigenvalue weighted by Gasteiger charge is -2.13. The minimum absolute atomic E-state index is 0.0839. The van der Waals surface area contributed by atoms with Gasteiger partial charge in [0, 0.05) is 22.1 Å². The normalized spacial score (nSPS) is 12.9. The minimum Gasteiger partial charge on any atom is -0.405 e. The van der Waals surface area contributed by atoms with Gasteiger partial charge in [-0.05, 0) is 67.4 Å². The summed E-state index contributed by atoms with van der Waals surface area (Å²) < 4.78 is 42.6. The highest BCUT2D eigenvalue weighted by Gasteiger charge is 2.31. The Hall–Kier alpha value is -4.37. The zero-order valence-corrected chi connectivity index (χ0v) is 21.0. The minimum atomic E-state index is -4.82. The number of para-hydroxylation sites is 1. The van der Waals surface area contributed by atoms with E-state index >= 15 is 0 Å². The smallest absolute Gasteiger partial charge is 0.405 e. The first-order valence-corrected chi connectivity index (χ1v) is 11.7. The summed E-state index contributed by atoms with van der Waals surface area (Å²) in [5.41, 5.74) is 10.9. The van der Waals surface area contributed by atoms with Crippen molar-refractivity contribution in [1.82, 2.24) is 10.2 Å². The van der Waals surface area contributed by atoms with E-state index in [2.05, 4.69) is 31.6 Å². The van der Waals surface area contributed by atoms with E-state index in [-0.39, 0.29) is 17.9 Å². The second-order valence-electron chi connectivity index (χ2n) is 8.27. The maximum atomic E-state index is 12.8. The summed E-state index contributed by atoms with van der Waals surface area (Å²) in [4.78, 5) is 8.61. The number of nitrogens with one attached hydrogen (secondary N) is 1. The van der Waals surface area contributed by atoms with Crippen LogP contribution in [0.3, 0.4) is 0 Å². The van der Waals surface area contributed by atoms with Crippen LogP contribution in [0.5, 0.6) is 5.75 Å². The van der Waals surface area contributed by atoms with Gasteiger partial charge in [-0.15, -0.1) is 13.2 Å². The first kappa shape index (κ1) is 26.7. The molecule has 0 fully saturated rings. The summed E-state index contributed by atoms with van der Waals surface area (Å²) in [7, 11) is 0. The van der Waals surface area contributed by atoms with Gasteiger partial charge < -0.3 is 10.5 Å². The van der Waals surface area contributed by atoms with Crippen LogP contribution in [0.4, 0.5) is 18.9 Å². The van der Waals surface area contributed by atoms with Crippen molar-refractivity contribution >= 4 is 52.3 Å². The number of halogens is 4. The monoisotopic (exact) mass is 537 g/mol. The maximum Gasteiger partial charge on any atom is 0.573 e. The van der Waals surface area contributed by atoms with E-state index in [0.717, 1.165) is 22.0 Å². The number of rotatable bonds is 8. The van der Waals surface area contributed by atoms with Crippen LogP contribution < -0.4 is 10.5 Å². The molecule has 3 N–H and O–H groups in total. The Kier molecular flexibility index (Phi) is 7.97. The van der Waals surface area contributed by atoms with Gasteiger partial charge in [0.25, 0.3) is 0 Å². The number of aliphatic imine (C=N–C) groups is 2. The summed E-state index contributed by atoms with van der Waals surface area (Å²) in [5, 5.41) is 8.35. The van der Waals surface area contributed by atoms with E-state index in [1.165, 1.54) is 24.4 Å². The van der Waals surface area contributed by atoms with Gasteiger partial charge in [-0.25, -0.2) is 0 Å². The van der Waals surface area contributed by atoms with E-state index < -0.39 is 6.36 Å². The van der Waals surface area contributed by atoms with Gasteiger partial charge >= 0.3 is 6.36 Å². The molecule has 4 aromatic rings. The molecule has 10 heteroatoms. The zero-order chi connectivity index (χ0) is 27.3. The van der Waals surface area contributed by atoms with Gasteiger partial charge in [0.05, 0.1) is 34.7 Å². The molecule has 0 aliphatic heterocycles. The fourth-order valence-corrected chi connectivity index (χ4v) is 4.19. The van der Waals surface area contributed by atoms with E-state index in [1.807, 2.05) is 37.3 Å². The van der Waals surface area contributed by atoms with E-state index in [0.29, 0.717) is 27.5 Å². The van der Waals surface area contributed by atoms with Crippen LogP contribution >= 0.6 is 11.6 Å². The highest BCUT2D eigenvalue weighted by Crippen LogP contribution is 2.34. The van der Waals surface area contributed by atoms with Crippen LogP contribution in [0, 0.1) is 0 Å². The van der Waals surface area contributed by atoms with Crippen molar-refractivity contribution in [3.63, 3.8) is 0 Å². The number of fused-ring (bicyclic) bond motifs is 1. The van der Waals surface area contributed by atoms with Crippen molar-refractivity contribution in [2.75, 3.05) is 0 Å². The van der Waals surface area contributed by atoms with E-state index in [4.69, 9.17) is 17.3 Å². The number of hydrogen-bond donors (Lipinski definition) is 2. The van der Waals surface area contributed by atoms with Crippen molar-refractivity contribution in [3.05, 3.63) is 100 Å². The molecule has 4 rings (SSSR count). The maximum absolute atomic E-state index is 12.8. The predicted molar refractivity (Wildman–Crippen MR) is 147 cm³/mol. The zero-order valence-electron chi connectivity index (χ0n) is 20.3. The Labute approximate surface area is 222 Å². The number of alkyl halides is 3. The van der Waals surface area contributed by atoms with Crippen molar-refractivity contribution in [2.24, 2.45) is 15.7 Å². The molecule has 0 spiro atoms. The van der Waals surface area contributed by atoms with Crippen molar-refractivity contribution in [1.29, 1.82) is 0 Å². The third kappa shape index (κ3) is 6.30. The van der Waals surface area contributed by atoms with Crippen LogP contribution in [0.1, 0.15) is 29.2 Å². The Morgan fingerprint density at radius 3 is 2.68 bits per heavy atom. The van der Waals surface area contributed by atoms with Crippen molar-refractivity contribution in [2.45, 2.75) is 19.8 Å². The number of nitrogens with zero attached hydrogens (tertiary/aromatic N) is 3. The van der Waals surface area contributed by atoms with Gasteiger partial charge in [0.2, 0.25) is 0 Å². The van der Waals surface area contributed by atoms with Crippen LogP contribution in [0.15, 0.2) is 83.1 Å². The SMILES string of the molecule is C=Nc1c(Cl)cc(C(C=CN)=NCc2ccccc2OC(F)(F)F)cc1/C=C(/C)c1ccc2cn[nH]c2c1. The average molecular weight is 538 g/mol.